The van der Waals surface area contributed by atoms with Crippen LogP contribution in [0.4, 0.5) is 0 Å². The maximum atomic E-state index is 11.2. The van der Waals surface area contributed by atoms with Gasteiger partial charge in [0.25, 0.3) is 0 Å². The zero-order valence-electron chi connectivity index (χ0n) is 9.64. The number of phenolic OH excluding ortho intramolecular Hbond substituents is 1. The van der Waals surface area contributed by atoms with Gasteiger partial charge >= 0.3 is 11.9 Å². The van der Waals surface area contributed by atoms with Crippen molar-refractivity contribution in [3.05, 3.63) is 23.3 Å². The van der Waals surface area contributed by atoms with Crippen LogP contribution in [-0.4, -0.2) is 34.4 Å². The van der Waals surface area contributed by atoms with Gasteiger partial charge in [-0.15, -0.1) is 0 Å². The van der Waals surface area contributed by atoms with Crippen molar-refractivity contribution in [2.75, 3.05) is 7.11 Å². The Morgan fingerprint density at radius 1 is 1.28 bits per heavy atom. The highest BCUT2D eigenvalue weighted by molar-refractivity contribution is 5.92. The first-order valence-electron chi connectivity index (χ1n) is 5.30. The largest absolute Gasteiger partial charge is 0.504 e. The van der Waals surface area contributed by atoms with Crippen LogP contribution in [-0.2, 0) is 10.2 Å². The van der Waals surface area contributed by atoms with Gasteiger partial charge in [0.2, 0.25) is 0 Å². The number of methoxy groups -OCH3 is 1. The molecule has 18 heavy (non-hydrogen) atoms. The van der Waals surface area contributed by atoms with Crippen LogP contribution in [0.3, 0.4) is 0 Å². The van der Waals surface area contributed by atoms with E-state index in [2.05, 4.69) is 0 Å². The number of aliphatic carboxylic acids is 1. The number of ether oxygens (including phenoxy) is 1. The van der Waals surface area contributed by atoms with E-state index in [1.165, 1.54) is 19.2 Å². The first kappa shape index (κ1) is 12.2. The fourth-order valence-electron chi connectivity index (χ4n) is 1.98. The minimum absolute atomic E-state index is 0.0302. The van der Waals surface area contributed by atoms with Crippen LogP contribution in [0.1, 0.15) is 28.8 Å². The Hall–Kier alpha value is -2.24. The summed E-state index contributed by atoms with van der Waals surface area (Å²) in [6, 6.07) is 2.36. The molecule has 0 saturated heterocycles. The van der Waals surface area contributed by atoms with Crippen LogP contribution in [0.2, 0.25) is 0 Å². The number of carboxylic acids is 2. The number of rotatable bonds is 4. The van der Waals surface area contributed by atoms with Gasteiger partial charge in [-0.25, -0.2) is 4.79 Å². The predicted octanol–water partition coefficient (Wildman–Crippen LogP) is 1.22. The first-order chi connectivity index (χ1) is 8.42. The zero-order valence-corrected chi connectivity index (χ0v) is 9.64. The Balaban J connectivity index is 2.63. The average molecular weight is 252 g/mol. The quantitative estimate of drug-likeness (QED) is 0.744. The molecule has 3 N–H and O–H groups in total. The fourth-order valence-corrected chi connectivity index (χ4v) is 1.98. The van der Waals surface area contributed by atoms with Crippen LogP contribution in [0.5, 0.6) is 11.5 Å². The lowest BCUT2D eigenvalue weighted by atomic mass is 9.93. The van der Waals surface area contributed by atoms with Gasteiger partial charge in [0.05, 0.1) is 18.1 Å². The third-order valence-electron chi connectivity index (χ3n) is 3.22. The molecule has 1 aromatic carbocycles. The molecule has 1 aliphatic rings. The second-order valence-electron chi connectivity index (χ2n) is 4.27. The van der Waals surface area contributed by atoms with Crippen molar-refractivity contribution in [3.8, 4) is 11.5 Å². The fraction of sp³-hybridized carbons (Fsp3) is 0.333. The molecule has 0 amide bonds. The van der Waals surface area contributed by atoms with Crippen molar-refractivity contribution in [1.82, 2.24) is 0 Å². The van der Waals surface area contributed by atoms with E-state index >= 15 is 0 Å². The SMILES string of the molecule is COc1cc(C(=O)O)cc(C2(C(=O)O)CC2)c1O. The van der Waals surface area contributed by atoms with E-state index < -0.39 is 17.4 Å². The number of hydrogen-bond donors (Lipinski definition) is 3. The Bertz CT molecular complexity index is 530. The smallest absolute Gasteiger partial charge is 0.335 e. The molecule has 1 aromatic rings. The molecule has 6 heteroatoms. The number of carbonyl (C=O) groups is 2. The topological polar surface area (TPSA) is 104 Å². The number of carboxylic acid groups (broad SMARTS) is 2. The van der Waals surface area contributed by atoms with Gasteiger partial charge in [-0.05, 0) is 25.0 Å². The number of aromatic hydroxyl groups is 1. The van der Waals surface area contributed by atoms with E-state index in [-0.39, 0.29) is 22.6 Å². The van der Waals surface area contributed by atoms with Gasteiger partial charge in [0.15, 0.2) is 11.5 Å². The van der Waals surface area contributed by atoms with Gasteiger partial charge < -0.3 is 20.1 Å². The second-order valence-corrected chi connectivity index (χ2v) is 4.27. The van der Waals surface area contributed by atoms with Crippen molar-refractivity contribution < 1.29 is 29.6 Å². The molecule has 1 aliphatic carbocycles. The van der Waals surface area contributed by atoms with Gasteiger partial charge in [0, 0.05) is 5.56 Å². The van der Waals surface area contributed by atoms with Crippen molar-refractivity contribution in [2.24, 2.45) is 0 Å². The highest BCUT2D eigenvalue weighted by atomic mass is 16.5. The summed E-state index contributed by atoms with van der Waals surface area (Å²) in [5, 5.41) is 28.1. The third kappa shape index (κ3) is 1.66. The van der Waals surface area contributed by atoms with Crippen molar-refractivity contribution >= 4 is 11.9 Å². The normalized spacial score (nSPS) is 16.1. The molecular formula is C12H12O6. The summed E-state index contributed by atoms with van der Waals surface area (Å²) in [6.45, 7) is 0. The second kappa shape index (κ2) is 3.90. The number of benzene rings is 1. The lowest BCUT2D eigenvalue weighted by Crippen LogP contribution is -2.20. The molecule has 1 saturated carbocycles. The Morgan fingerprint density at radius 2 is 1.89 bits per heavy atom. The van der Waals surface area contributed by atoms with Gasteiger partial charge in [-0.2, -0.15) is 0 Å². The van der Waals surface area contributed by atoms with E-state index in [0.717, 1.165) is 0 Å². The molecule has 0 unspecified atom stereocenters. The Labute approximate surface area is 102 Å². The summed E-state index contributed by atoms with van der Waals surface area (Å²) in [7, 11) is 1.28. The number of hydrogen-bond acceptors (Lipinski definition) is 4. The summed E-state index contributed by atoms with van der Waals surface area (Å²) in [4.78, 5) is 22.2. The molecule has 96 valence electrons. The van der Waals surface area contributed by atoms with Crippen LogP contribution >= 0.6 is 0 Å². The molecule has 0 aliphatic heterocycles. The van der Waals surface area contributed by atoms with E-state index in [4.69, 9.17) is 9.84 Å². The van der Waals surface area contributed by atoms with Crippen LogP contribution < -0.4 is 4.74 Å². The van der Waals surface area contributed by atoms with E-state index in [0.29, 0.717) is 12.8 Å². The molecule has 0 atom stereocenters. The van der Waals surface area contributed by atoms with Gasteiger partial charge in [0.1, 0.15) is 0 Å². The average Bonchev–Trinajstić information content (AvgIpc) is 3.10. The maximum absolute atomic E-state index is 11.2. The van der Waals surface area contributed by atoms with Gasteiger partial charge in [-0.3, -0.25) is 4.79 Å². The highest BCUT2D eigenvalue weighted by Gasteiger charge is 2.54. The van der Waals surface area contributed by atoms with Crippen molar-refractivity contribution in [1.29, 1.82) is 0 Å². The van der Waals surface area contributed by atoms with Crippen LogP contribution in [0, 0.1) is 0 Å². The van der Waals surface area contributed by atoms with E-state index in [1.807, 2.05) is 0 Å². The first-order valence-corrected chi connectivity index (χ1v) is 5.30. The van der Waals surface area contributed by atoms with Crippen LogP contribution in [0.15, 0.2) is 12.1 Å². The van der Waals surface area contributed by atoms with Gasteiger partial charge in [-0.1, -0.05) is 0 Å². The molecule has 6 nitrogen and oxygen atoms in total. The maximum Gasteiger partial charge on any atom is 0.335 e. The zero-order chi connectivity index (χ0) is 13.5. The third-order valence-corrected chi connectivity index (χ3v) is 3.22. The summed E-state index contributed by atoms with van der Waals surface area (Å²) < 4.78 is 4.87. The number of phenols is 1. The molecule has 0 bridgehead atoms. The van der Waals surface area contributed by atoms with E-state index in [9.17, 15) is 19.8 Å². The predicted molar refractivity (Wildman–Crippen MR) is 60.2 cm³/mol. The Kier molecular flexibility index (Phi) is 2.65. The van der Waals surface area contributed by atoms with Crippen molar-refractivity contribution in [3.63, 3.8) is 0 Å². The minimum Gasteiger partial charge on any atom is -0.504 e. The molecule has 0 radical (unpaired) electrons. The van der Waals surface area contributed by atoms with E-state index in [1.54, 1.807) is 0 Å². The molecule has 2 rings (SSSR count). The molecule has 0 spiro atoms. The lowest BCUT2D eigenvalue weighted by Gasteiger charge is -2.15. The summed E-state index contributed by atoms with van der Waals surface area (Å²) in [5.41, 5.74) is -1.18. The lowest BCUT2D eigenvalue weighted by molar-refractivity contribution is -0.140. The standard InChI is InChI=1S/C12H12O6/c1-18-8-5-6(10(14)15)4-7(9(8)13)12(2-3-12)11(16)17/h4-5,13H,2-3H2,1H3,(H,14,15)(H,16,17). The monoisotopic (exact) mass is 252 g/mol. The minimum atomic E-state index is -1.20. The molecule has 0 aromatic heterocycles. The molecular weight excluding hydrogens is 240 g/mol. The molecule has 1 fully saturated rings. The summed E-state index contributed by atoms with van der Waals surface area (Å²) in [6.07, 6.45) is 0.754. The summed E-state index contributed by atoms with van der Waals surface area (Å²) in [5.74, 6) is -2.60. The highest BCUT2D eigenvalue weighted by Crippen LogP contribution is 2.53. The summed E-state index contributed by atoms with van der Waals surface area (Å²) >= 11 is 0. The van der Waals surface area contributed by atoms with Crippen molar-refractivity contribution in [2.45, 2.75) is 18.3 Å². The molecule has 0 heterocycles. The Morgan fingerprint density at radius 3 is 2.28 bits per heavy atom. The number of aromatic carboxylic acids is 1. The van der Waals surface area contributed by atoms with Crippen LogP contribution in [0.25, 0.3) is 0 Å².